The van der Waals surface area contributed by atoms with Gasteiger partial charge in [-0.25, -0.2) is 4.98 Å². The maximum Gasteiger partial charge on any atom is 0.140 e. The molecule has 98 valence electrons. The first kappa shape index (κ1) is 13.3. The van der Waals surface area contributed by atoms with E-state index < -0.39 is 0 Å². The zero-order valence-electron chi connectivity index (χ0n) is 11.3. The number of hydrogen-bond donors (Lipinski definition) is 1. The summed E-state index contributed by atoms with van der Waals surface area (Å²) >= 11 is 0. The number of pyridine rings is 1. The lowest BCUT2D eigenvalue weighted by atomic mass is 10.2. The Labute approximate surface area is 113 Å². The topological polar surface area (TPSA) is 53.6 Å². The highest BCUT2D eigenvalue weighted by molar-refractivity contribution is 5.26. The Balaban J connectivity index is 2.09. The number of hydrogen-bond acceptors (Lipinski definition) is 3. The van der Waals surface area contributed by atoms with E-state index in [2.05, 4.69) is 53.2 Å². The average molecular weight is 254 g/mol. The number of nitrogens with zero attached hydrogens (tertiary/aromatic N) is 3. The summed E-state index contributed by atoms with van der Waals surface area (Å²) in [6, 6.07) is 8.31. The molecular formula is C15H18N4. The number of rotatable bonds is 5. The highest BCUT2D eigenvalue weighted by Gasteiger charge is 2.05. The van der Waals surface area contributed by atoms with Crippen LogP contribution in [0, 0.1) is 11.3 Å². The van der Waals surface area contributed by atoms with Gasteiger partial charge in [0.15, 0.2) is 0 Å². The fraction of sp³-hybridized carbons (Fsp3) is 0.333. The van der Waals surface area contributed by atoms with E-state index in [1.54, 1.807) is 6.20 Å². The van der Waals surface area contributed by atoms with Crippen LogP contribution in [0.25, 0.3) is 0 Å². The van der Waals surface area contributed by atoms with Crippen LogP contribution in [0.1, 0.15) is 36.7 Å². The first-order chi connectivity index (χ1) is 9.22. The minimum absolute atomic E-state index is 0.360. The zero-order chi connectivity index (χ0) is 13.7. The second-order valence-electron chi connectivity index (χ2n) is 4.56. The molecule has 2 aromatic heterocycles. The average Bonchev–Trinajstić information content (AvgIpc) is 2.88. The van der Waals surface area contributed by atoms with Crippen molar-refractivity contribution in [1.29, 1.82) is 5.26 Å². The van der Waals surface area contributed by atoms with E-state index in [4.69, 9.17) is 5.26 Å². The van der Waals surface area contributed by atoms with Crippen LogP contribution >= 0.6 is 0 Å². The van der Waals surface area contributed by atoms with Crippen molar-refractivity contribution >= 4 is 0 Å². The second-order valence-corrected chi connectivity index (χ2v) is 4.56. The van der Waals surface area contributed by atoms with Crippen molar-refractivity contribution in [2.75, 3.05) is 6.54 Å². The molecule has 0 aliphatic heterocycles. The van der Waals surface area contributed by atoms with Crippen molar-refractivity contribution in [3.8, 4) is 6.07 Å². The third-order valence-corrected chi connectivity index (χ3v) is 3.09. The molecule has 0 spiro atoms. The molecule has 4 nitrogen and oxygen atoms in total. The lowest BCUT2D eigenvalue weighted by Gasteiger charge is -2.10. The summed E-state index contributed by atoms with van der Waals surface area (Å²) in [6.45, 7) is 5.98. The first-order valence-electron chi connectivity index (χ1n) is 6.47. The van der Waals surface area contributed by atoms with Crippen LogP contribution < -0.4 is 5.32 Å². The van der Waals surface area contributed by atoms with E-state index in [9.17, 15) is 0 Å². The highest BCUT2D eigenvalue weighted by Crippen LogP contribution is 2.14. The Morgan fingerprint density at radius 3 is 3.05 bits per heavy atom. The summed E-state index contributed by atoms with van der Waals surface area (Å²) in [5.74, 6) is 0. The molecule has 0 fully saturated rings. The molecule has 2 heterocycles. The molecule has 2 aromatic rings. The molecule has 0 saturated heterocycles. The summed E-state index contributed by atoms with van der Waals surface area (Å²) in [7, 11) is 0. The molecule has 0 amide bonds. The maximum absolute atomic E-state index is 8.84. The van der Waals surface area contributed by atoms with E-state index in [1.807, 2.05) is 12.1 Å². The Kier molecular flexibility index (Phi) is 4.32. The van der Waals surface area contributed by atoms with Gasteiger partial charge in [0.25, 0.3) is 0 Å². The van der Waals surface area contributed by atoms with E-state index in [0.29, 0.717) is 11.7 Å². The zero-order valence-corrected chi connectivity index (χ0v) is 11.3. The summed E-state index contributed by atoms with van der Waals surface area (Å²) < 4.78 is 2.12. The summed E-state index contributed by atoms with van der Waals surface area (Å²) in [5, 5.41) is 12.2. The molecule has 0 saturated carbocycles. The minimum atomic E-state index is 0.360. The standard InChI is InChI=1S/C15H18N4/c1-3-17-12(2)14-5-7-19(11-14)10-13-4-6-18-15(8-13)9-16/h4-8,11-12,17H,3,10H2,1-2H3. The van der Waals surface area contributed by atoms with Gasteiger partial charge < -0.3 is 9.88 Å². The van der Waals surface area contributed by atoms with Gasteiger partial charge in [0.1, 0.15) is 11.8 Å². The highest BCUT2D eigenvalue weighted by atomic mass is 15.0. The van der Waals surface area contributed by atoms with Crippen molar-refractivity contribution in [2.45, 2.75) is 26.4 Å². The molecule has 2 rings (SSSR count). The van der Waals surface area contributed by atoms with Gasteiger partial charge in [-0.3, -0.25) is 0 Å². The first-order valence-corrected chi connectivity index (χ1v) is 6.47. The van der Waals surface area contributed by atoms with Gasteiger partial charge in [0, 0.05) is 31.2 Å². The fourth-order valence-electron chi connectivity index (χ4n) is 2.08. The lowest BCUT2D eigenvalue weighted by molar-refractivity contribution is 0.596. The maximum atomic E-state index is 8.84. The van der Waals surface area contributed by atoms with Gasteiger partial charge >= 0.3 is 0 Å². The van der Waals surface area contributed by atoms with Crippen molar-refractivity contribution in [3.63, 3.8) is 0 Å². The van der Waals surface area contributed by atoms with Gasteiger partial charge in [0.05, 0.1) is 0 Å². The molecule has 0 aromatic carbocycles. The predicted octanol–water partition coefficient (Wildman–Crippen LogP) is 2.47. The SMILES string of the molecule is CCNC(C)c1ccn(Cc2ccnc(C#N)c2)c1. The van der Waals surface area contributed by atoms with Crippen LogP contribution in [0.3, 0.4) is 0 Å². The Morgan fingerprint density at radius 1 is 1.47 bits per heavy atom. The van der Waals surface area contributed by atoms with Crippen LogP contribution in [-0.2, 0) is 6.54 Å². The summed E-state index contributed by atoms with van der Waals surface area (Å²) in [6.07, 6.45) is 5.88. The van der Waals surface area contributed by atoms with Crippen LogP contribution in [0.2, 0.25) is 0 Å². The molecule has 0 radical (unpaired) electrons. The molecule has 4 heteroatoms. The largest absolute Gasteiger partial charge is 0.350 e. The second kappa shape index (κ2) is 6.17. The van der Waals surface area contributed by atoms with E-state index in [1.165, 1.54) is 5.56 Å². The molecule has 0 aliphatic carbocycles. The molecule has 1 atom stereocenters. The van der Waals surface area contributed by atoms with Gasteiger partial charge in [-0.15, -0.1) is 0 Å². The van der Waals surface area contributed by atoms with Crippen molar-refractivity contribution in [3.05, 3.63) is 53.6 Å². The fourth-order valence-corrected chi connectivity index (χ4v) is 2.08. The van der Waals surface area contributed by atoms with E-state index >= 15 is 0 Å². The normalized spacial score (nSPS) is 12.1. The van der Waals surface area contributed by atoms with E-state index in [0.717, 1.165) is 18.7 Å². The third-order valence-electron chi connectivity index (χ3n) is 3.09. The number of aromatic nitrogens is 2. The van der Waals surface area contributed by atoms with Crippen molar-refractivity contribution < 1.29 is 0 Å². The van der Waals surface area contributed by atoms with Crippen LogP contribution in [-0.4, -0.2) is 16.1 Å². The predicted molar refractivity (Wildman–Crippen MR) is 74.6 cm³/mol. The smallest absolute Gasteiger partial charge is 0.140 e. The summed E-state index contributed by atoms with van der Waals surface area (Å²) in [5.41, 5.74) is 2.83. The van der Waals surface area contributed by atoms with Gasteiger partial charge in [-0.1, -0.05) is 6.92 Å². The van der Waals surface area contributed by atoms with Gasteiger partial charge in [-0.2, -0.15) is 5.26 Å². The minimum Gasteiger partial charge on any atom is -0.350 e. The van der Waals surface area contributed by atoms with Crippen LogP contribution in [0.4, 0.5) is 0 Å². The van der Waals surface area contributed by atoms with Crippen molar-refractivity contribution in [1.82, 2.24) is 14.9 Å². The molecule has 19 heavy (non-hydrogen) atoms. The monoisotopic (exact) mass is 254 g/mol. The molecule has 0 aliphatic rings. The van der Waals surface area contributed by atoms with Gasteiger partial charge in [-0.05, 0) is 42.8 Å². The summed E-state index contributed by atoms with van der Waals surface area (Å²) in [4.78, 5) is 3.98. The Bertz CT molecular complexity index is 580. The third kappa shape index (κ3) is 3.43. The Hall–Kier alpha value is -2.12. The Morgan fingerprint density at radius 2 is 2.32 bits per heavy atom. The molecular weight excluding hydrogens is 236 g/mol. The number of nitriles is 1. The molecule has 0 bridgehead atoms. The van der Waals surface area contributed by atoms with Crippen LogP contribution in [0.15, 0.2) is 36.8 Å². The van der Waals surface area contributed by atoms with E-state index in [-0.39, 0.29) is 0 Å². The quantitative estimate of drug-likeness (QED) is 0.891. The molecule has 1 N–H and O–H groups in total. The number of nitrogens with one attached hydrogen (secondary N) is 1. The van der Waals surface area contributed by atoms with Gasteiger partial charge in [0.2, 0.25) is 0 Å². The molecule has 1 unspecified atom stereocenters. The van der Waals surface area contributed by atoms with Crippen LogP contribution in [0.5, 0.6) is 0 Å². The lowest BCUT2D eigenvalue weighted by Crippen LogP contribution is -2.17. The van der Waals surface area contributed by atoms with Crippen molar-refractivity contribution in [2.24, 2.45) is 0 Å².